The number of hydrogen-bond acceptors (Lipinski definition) is 3. The van der Waals surface area contributed by atoms with Crippen LogP contribution in [0.15, 0.2) is 47.4 Å². The van der Waals surface area contributed by atoms with Gasteiger partial charge in [-0.3, -0.25) is 9.52 Å². The lowest BCUT2D eigenvalue weighted by Gasteiger charge is -2.12. The summed E-state index contributed by atoms with van der Waals surface area (Å²) < 4.78 is 27.3. The van der Waals surface area contributed by atoms with Gasteiger partial charge in [0.1, 0.15) is 0 Å². The zero-order valence-corrected chi connectivity index (χ0v) is 15.0. The molecule has 7 heteroatoms. The SMILES string of the molecule is CCCNC(=O)c1ccc(NS(=O)(=O)c2ccc(Cl)cc2)c(C)c1. The number of nitrogens with one attached hydrogen (secondary N) is 2. The second-order valence-electron chi connectivity index (χ2n) is 5.35. The molecule has 0 bridgehead atoms. The Labute approximate surface area is 147 Å². The molecular weight excluding hydrogens is 348 g/mol. The Morgan fingerprint density at radius 3 is 2.38 bits per heavy atom. The van der Waals surface area contributed by atoms with Gasteiger partial charge >= 0.3 is 0 Å². The van der Waals surface area contributed by atoms with Crippen LogP contribution >= 0.6 is 11.6 Å². The van der Waals surface area contributed by atoms with E-state index in [0.29, 0.717) is 28.4 Å². The highest BCUT2D eigenvalue weighted by atomic mass is 35.5. The van der Waals surface area contributed by atoms with Crippen molar-refractivity contribution in [2.75, 3.05) is 11.3 Å². The van der Waals surface area contributed by atoms with Crippen molar-refractivity contribution < 1.29 is 13.2 Å². The fourth-order valence-electron chi connectivity index (χ4n) is 2.08. The zero-order valence-electron chi connectivity index (χ0n) is 13.5. The summed E-state index contributed by atoms with van der Waals surface area (Å²) in [7, 11) is -3.71. The average molecular weight is 367 g/mol. The molecular formula is C17H19ClN2O3S. The lowest BCUT2D eigenvalue weighted by atomic mass is 10.1. The summed E-state index contributed by atoms with van der Waals surface area (Å²) in [5.41, 5.74) is 1.59. The first-order chi connectivity index (χ1) is 11.3. The molecule has 24 heavy (non-hydrogen) atoms. The van der Waals surface area contributed by atoms with Gasteiger partial charge in [-0.25, -0.2) is 8.42 Å². The first-order valence-electron chi connectivity index (χ1n) is 7.50. The molecule has 2 rings (SSSR count). The summed E-state index contributed by atoms with van der Waals surface area (Å²) >= 11 is 5.78. The van der Waals surface area contributed by atoms with Gasteiger partial charge in [0.2, 0.25) is 0 Å². The minimum Gasteiger partial charge on any atom is -0.352 e. The smallest absolute Gasteiger partial charge is 0.261 e. The van der Waals surface area contributed by atoms with Gasteiger partial charge < -0.3 is 5.32 Å². The molecule has 2 aromatic rings. The maximum atomic E-state index is 12.4. The van der Waals surface area contributed by atoms with Crippen molar-refractivity contribution in [3.05, 3.63) is 58.6 Å². The van der Waals surface area contributed by atoms with Crippen LogP contribution in [0.2, 0.25) is 5.02 Å². The third-order valence-electron chi connectivity index (χ3n) is 3.39. The van der Waals surface area contributed by atoms with Crippen molar-refractivity contribution in [3.63, 3.8) is 0 Å². The molecule has 2 aromatic carbocycles. The van der Waals surface area contributed by atoms with E-state index >= 15 is 0 Å². The van der Waals surface area contributed by atoms with Crippen LogP contribution in [0.3, 0.4) is 0 Å². The van der Waals surface area contributed by atoms with Crippen molar-refractivity contribution in [2.24, 2.45) is 0 Å². The molecule has 128 valence electrons. The predicted molar refractivity (Wildman–Crippen MR) is 96.1 cm³/mol. The topological polar surface area (TPSA) is 75.3 Å². The van der Waals surface area contributed by atoms with E-state index in [9.17, 15) is 13.2 Å². The first kappa shape index (κ1) is 18.3. The van der Waals surface area contributed by atoms with Crippen LogP contribution < -0.4 is 10.0 Å². The van der Waals surface area contributed by atoms with Gasteiger partial charge in [-0.15, -0.1) is 0 Å². The van der Waals surface area contributed by atoms with Crippen LogP contribution in [0.1, 0.15) is 29.3 Å². The van der Waals surface area contributed by atoms with E-state index in [0.717, 1.165) is 6.42 Å². The fourth-order valence-corrected chi connectivity index (χ4v) is 3.33. The molecule has 0 spiro atoms. The summed E-state index contributed by atoms with van der Waals surface area (Å²) in [6, 6.07) is 10.7. The zero-order chi connectivity index (χ0) is 17.7. The van der Waals surface area contributed by atoms with Crippen LogP contribution in [0.5, 0.6) is 0 Å². The van der Waals surface area contributed by atoms with Crippen molar-refractivity contribution in [2.45, 2.75) is 25.2 Å². The van der Waals surface area contributed by atoms with E-state index in [4.69, 9.17) is 11.6 Å². The molecule has 0 atom stereocenters. The minimum absolute atomic E-state index is 0.121. The Hall–Kier alpha value is -2.05. The van der Waals surface area contributed by atoms with Crippen LogP contribution in [0.25, 0.3) is 0 Å². The number of carbonyl (C=O) groups is 1. The summed E-state index contributed by atoms with van der Waals surface area (Å²) in [6.45, 7) is 4.32. The number of benzene rings is 2. The monoisotopic (exact) mass is 366 g/mol. The minimum atomic E-state index is -3.71. The Bertz CT molecular complexity index is 833. The third-order valence-corrected chi connectivity index (χ3v) is 5.03. The Balaban J connectivity index is 2.21. The van der Waals surface area contributed by atoms with E-state index in [2.05, 4.69) is 10.0 Å². The summed E-state index contributed by atoms with van der Waals surface area (Å²) in [4.78, 5) is 12.1. The normalized spacial score (nSPS) is 11.1. The molecule has 0 saturated carbocycles. The lowest BCUT2D eigenvalue weighted by molar-refractivity contribution is 0.0953. The van der Waals surface area contributed by atoms with Crippen molar-refractivity contribution in [1.82, 2.24) is 5.32 Å². The maximum absolute atomic E-state index is 12.4. The van der Waals surface area contributed by atoms with Crippen LogP contribution in [0, 0.1) is 6.92 Å². The van der Waals surface area contributed by atoms with Gasteiger partial charge in [-0.2, -0.15) is 0 Å². The highest BCUT2D eigenvalue weighted by Crippen LogP contribution is 2.22. The molecule has 0 aliphatic heterocycles. The average Bonchev–Trinajstić information content (AvgIpc) is 2.54. The molecule has 0 aliphatic rings. The number of hydrogen-bond donors (Lipinski definition) is 2. The van der Waals surface area contributed by atoms with E-state index in [1.807, 2.05) is 6.92 Å². The number of halogens is 1. The molecule has 0 radical (unpaired) electrons. The molecule has 5 nitrogen and oxygen atoms in total. The molecule has 0 aliphatic carbocycles. The summed E-state index contributed by atoms with van der Waals surface area (Å²) in [5, 5.41) is 3.25. The molecule has 1 amide bonds. The van der Waals surface area contributed by atoms with Crippen LogP contribution in [0.4, 0.5) is 5.69 Å². The second kappa shape index (κ2) is 7.68. The van der Waals surface area contributed by atoms with Gasteiger partial charge in [0.15, 0.2) is 0 Å². The molecule has 2 N–H and O–H groups in total. The quantitative estimate of drug-likeness (QED) is 0.820. The fraction of sp³-hybridized carbons (Fsp3) is 0.235. The van der Waals surface area contributed by atoms with E-state index in [1.165, 1.54) is 24.3 Å². The standard InChI is InChI=1S/C17H19ClN2O3S/c1-3-10-19-17(21)13-4-9-16(12(2)11-13)20-24(22,23)15-7-5-14(18)6-8-15/h4-9,11,20H,3,10H2,1-2H3,(H,19,21). The molecule has 0 fully saturated rings. The van der Waals surface area contributed by atoms with Gasteiger partial charge in [0.25, 0.3) is 15.9 Å². The summed E-state index contributed by atoms with van der Waals surface area (Å²) in [5.74, 6) is -0.174. The van der Waals surface area contributed by atoms with Gasteiger partial charge in [0, 0.05) is 17.1 Å². The van der Waals surface area contributed by atoms with Crippen molar-refractivity contribution in [1.29, 1.82) is 0 Å². The number of carbonyl (C=O) groups excluding carboxylic acids is 1. The number of sulfonamides is 1. The molecule has 0 aromatic heterocycles. The second-order valence-corrected chi connectivity index (χ2v) is 7.46. The highest BCUT2D eigenvalue weighted by Gasteiger charge is 2.16. The number of anilines is 1. The Kier molecular flexibility index (Phi) is 5.85. The van der Waals surface area contributed by atoms with E-state index in [1.54, 1.807) is 25.1 Å². The van der Waals surface area contributed by atoms with Crippen molar-refractivity contribution >= 4 is 33.2 Å². The van der Waals surface area contributed by atoms with Crippen molar-refractivity contribution in [3.8, 4) is 0 Å². The highest BCUT2D eigenvalue weighted by molar-refractivity contribution is 7.92. The van der Waals surface area contributed by atoms with Crippen LogP contribution in [-0.4, -0.2) is 20.9 Å². The first-order valence-corrected chi connectivity index (χ1v) is 9.37. The molecule has 0 unspecified atom stereocenters. The van der Waals surface area contributed by atoms with Crippen LogP contribution in [-0.2, 0) is 10.0 Å². The van der Waals surface area contributed by atoms with Gasteiger partial charge in [-0.1, -0.05) is 18.5 Å². The summed E-state index contributed by atoms with van der Waals surface area (Å²) in [6.07, 6.45) is 0.851. The van der Waals surface area contributed by atoms with Gasteiger partial charge in [0.05, 0.1) is 10.6 Å². The van der Waals surface area contributed by atoms with E-state index < -0.39 is 10.0 Å². The lowest BCUT2D eigenvalue weighted by Crippen LogP contribution is -2.24. The number of aryl methyl sites for hydroxylation is 1. The Morgan fingerprint density at radius 2 is 1.79 bits per heavy atom. The molecule has 0 heterocycles. The third kappa shape index (κ3) is 4.49. The largest absolute Gasteiger partial charge is 0.352 e. The van der Waals surface area contributed by atoms with Gasteiger partial charge in [-0.05, 0) is 61.4 Å². The predicted octanol–water partition coefficient (Wildman–Crippen LogP) is 3.59. The molecule has 0 saturated heterocycles. The van der Waals surface area contributed by atoms with E-state index in [-0.39, 0.29) is 10.8 Å². The maximum Gasteiger partial charge on any atom is 0.261 e. The number of rotatable bonds is 6. The number of amides is 1. The Morgan fingerprint density at radius 1 is 1.12 bits per heavy atom.